The number of rotatable bonds is 1. The van der Waals surface area contributed by atoms with Crippen LogP contribution in [0.4, 0.5) is 0 Å². The molecule has 0 bridgehead atoms. The first kappa shape index (κ1) is 12.0. The van der Waals surface area contributed by atoms with Crippen molar-refractivity contribution in [3.63, 3.8) is 0 Å². The number of epoxide rings is 1. The Bertz CT molecular complexity index is 319. The third-order valence-electron chi connectivity index (χ3n) is 5.87. The second-order valence-corrected chi connectivity index (χ2v) is 7.29. The third kappa shape index (κ3) is 1.53. The van der Waals surface area contributed by atoms with E-state index in [4.69, 9.17) is 4.74 Å². The van der Waals surface area contributed by atoms with Crippen LogP contribution < -0.4 is 0 Å². The highest BCUT2D eigenvalue weighted by atomic mass is 16.6. The largest absolute Gasteiger partial charge is 0.390 e. The van der Waals surface area contributed by atoms with Crippen molar-refractivity contribution in [2.24, 2.45) is 23.7 Å². The highest BCUT2D eigenvalue weighted by molar-refractivity contribution is 5.19. The summed E-state index contributed by atoms with van der Waals surface area (Å²) in [4.78, 5) is 0. The van der Waals surface area contributed by atoms with E-state index in [9.17, 15) is 5.11 Å². The molecule has 3 rings (SSSR count). The molecule has 1 heterocycles. The van der Waals surface area contributed by atoms with Crippen molar-refractivity contribution in [1.82, 2.24) is 0 Å². The standard InChI is InChI=1S/C15H26O2/c1-9-5-7-12(14(3,4)16)13-15(17-13)10(2)6-8-11(9)15/h9-13,16H,5-8H2,1-4H3/t9-,10-,11-,12-,13+,15-/m1/s1. The van der Waals surface area contributed by atoms with Crippen LogP contribution in [-0.2, 0) is 4.74 Å². The van der Waals surface area contributed by atoms with E-state index in [1.54, 1.807) is 0 Å². The van der Waals surface area contributed by atoms with Gasteiger partial charge in [0.25, 0.3) is 0 Å². The summed E-state index contributed by atoms with van der Waals surface area (Å²) in [6, 6.07) is 0. The Kier molecular flexibility index (Phi) is 2.45. The van der Waals surface area contributed by atoms with E-state index in [0.717, 1.165) is 18.3 Å². The van der Waals surface area contributed by atoms with Gasteiger partial charge >= 0.3 is 0 Å². The molecule has 1 aliphatic heterocycles. The lowest BCUT2D eigenvalue weighted by molar-refractivity contribution is -0.00194. The second-order valence-electron chi connectivity index (χ2n) is 7.29. The van der Waals surface area contributed by atoms with Crippen molar-refractivity contribution < 1.29 is 9.84 Å². The Morgan fingerprint density at radius 2 is 1.82 bits per heavy atom. The first-order valence-corrected chi connectivity index (χ1v) is 7.27. The minimum Gasteiger partial charge on any atom is -0.390 e. The van der Waals surface area contributed by atoms with Gasteiger partial charge in [-0.2, -0.15) is 0 Å². The predicted molar refractivity (Wildman–Crippen MR) is 67.7 cm³/mol. The quantitative estimate of drug-likeness (QED) is 0.712. The van der Waals surface area contributed by atoms with E-state index in [-0.39, 0.29) is 5.60 Å². The minimum atomic E-state index is -0.592. The van der Waals surface area contributed by atoms with Crippen molar-refractivity contribution in [2.45, 2.75) is 70.7 Å². The molecule has 2 heteroatoms. The zero-order valence-electron chi connectivity index (χ0n) is 11.6. The van der Waals surface area contributed by atoms with Gasteiger partial charge in [0.05, 0.1) is 11.7 Å². The zero-order chi connectivity index (χ0) is 12.4. The fourth-order valence-electron chi connectivity index (χ4n) is 4.77. The Balaban J connectivity index is 1.92. The number of ether oxygens (including phenoxy) is 1. The van der Waals surface area contributed by atoms with Gasteiger partial charge in [-0.1, -0.05) is 13.8 Å². The first-order valence-electron chi connectivity index (χ1n) is 7.27. The third-order valence-corrected chi connectivity index (χ3v) is 5.87. The van der Waals surface area contributed by atoms with Crippen molar-refractivity contribution in [3.8, 4) is 0 Å². The summed E-state index contributed by atoms with van der Waals surface area (Å²) in [7, 11) is 0. The van der Waals surface area contributed by atoms with Crippen molar-refractivity contribution in [2.75, 3.05) is 0 Å². The predicted octanol–water partition coefficient (Wildman–Crippen LogP) is 2.99. The molecule has 1 N–H and O–H groups in total. The second kappa shape index (κ2) is 3.48. The van der Waals surface area contributed by atoms with Crippen LogP contribution >= 0.6 is 0 Å². The maximum atomic E-state index is 10.4. The summed E-state index contributed by atoms with van der Waals surface area (Å²) in [6.07, 6.45) is 5.35. The summed E-state index contributed by atoms with van der Waals surface area (Å²) in [5, 5.41) is 10.4. The number of hydrogen-bond donors (Lipinski definition) is 1. The molecule has 1 spiro atoms. The molecule has 0 amide bonds. The summed E-state index contributed by atoms with van der Waals surface area (Å²) in [5.41, 5.74) is -0.453. The van der Waals surface area contributed by atoms with Crippen molar-refractivity contribution >= 4 is 0 Å². The van der Waals surface area contributed by atoms with Crippen LogP contribution in [0.25, 0.3) is 0 Å². The molecule has 0 aromatic heterocycles. The van der Waals surface area contributed by atoms with Gasteiger partial charge in [-0.3, -0.25) is 0 Å². The topological polar surface area (TPSA) is 32.8 Å². The smallest absolute Gasteiger partial charge is 0.101 e. The molecule has 98 valence electrons. The zero-order valence-corrected chi connectivity index (χ0v) is 11.6. The van der Waals surface area contributed by atoms with Crippen LogP contribution in [0.1, 0.15) is 53.4 Å². The molecule has 6 atom stereocenters. The van der Waals surface area contributed by atoms with Gasteiger partial charge in [0.1, 0.15) is 5.60 Å². The van der Waals surface area contributed by atoms with Crippen LogP contribution in [0, 0.1) is 23.7 Å². The SMILES string of the molecule is C[C@@H]1CC[C@@H](C(C)(C)O)[C@@H]2O[C@@]23[C@H](C)CC[C@H]13. The fraction of sp³-hybridized carbons (Fsp3) is 1.00. The fourth-order valence-corrected chi connectivity index (χ4v) is 4.77. The first-order chi connectivity index (χ1) is 7.87. The van der Waals surface area contributed by atoms with E-state index in [1.807, 2.05) is 13.8 Å². The Labute approximate surface area is 105 Å². The van der Waals surface area contributed by atoms with Gasteiger partial charge in [-0.25, -0.2) is 0 Å². The summed E-state index contributed by atoms with van der Waals surface area (Å²) < 4.78 is 6.23. The van der Waals surface area contributed by atoms with Gasteiger partial charge in [0.15, 0.2) is 0 Å². The monoisotopic (exact) mass is 238 g/mol. The van der Waals surface area contributed by atoms with Gasteiger partial charge in [0.2, 0.25) is 0 Å². The maximum absolute atomic E-state index is 10.4. The van der Waals surface area contributed by atoms with E-state index >= 15 is 0 Å². The lowest BCUT2D eigenvalue weighted by atomic mass is 9.77. The molecular formula is C15H26O2. The Morgan fingerprint density at radius 3 is 2.47 bits per heavy atom. The molecule has 2 aliphatic carbocycles. The van der Waals surface area contributed by atoms with E-state index < -0.39 is 5.60 Å². The van der Waals surface area contributed by atoms with Crippen molar-refractivity contribution in [3.05, 3.63) is 0 Å². The Morgan fingerprint density at radius 1 is 1.12 bits per heavy atom. The van der Waals surface area contributed by atoms with Gasteiger partial charge in [0, 0.05) is 5.92 Å². The molecule has 17 heavy (non-hydrogen) atoms. The van der Waals surface area contributed by atoms with Gasteiger partial charge in [-0.05, 0) is 57.3 Å². The lowest BCUT2D eigenvalue weighted by Gasteiger charge is -2.28. The highest BCUT2D eigenvalue weighted by Crippen LogP contribution is 2.64. The average Bonchev–Trinajstić information content (AvgIpc) is 2.83. The van der Waals surface area contributed by atoms with Crippen LogP contribution in [0.3, 0.4) is 0 Å². The Hall–Kier alpha value is -0.0800. The molecule has 3 aliphatic rings. The van der Waals surface area contributed by atoms with E-state index in [1.165, 1.54) is 19.3 Å². The lowest BCUT2D eigenvalue weighted by Crippen LogP contribution is -2.38. The molecule has 3 fully saturated rings. The minimum absolute atomic E-state index is 0.139. The summed E-state index contributed by atoms with van der Waals surface area (Å²) >= 11 is 0. The molecule has 0 unspecified atom stereocenters. The normalized spacial score (nSPS) is 53.8. The van der Waals surface area contributed by atoms with Crippen LogP contribution in [0.15, 0.2) is 0 Å². The van der Waals surface area contributed by atoms with Crippen LogP contribution in [0.5, 0.6) is 0 Å². The van der Waals surface area contributed by atoms with E-state index in [2.05, 4.69) is 13.8 Å². The number of aliphatic hydroxyl groups is 1. The maximum Gasteiger partial charge on any atom is 0.101 e. The van der Waals surface area contributed by atoms with E-state index in [0.29, 0.717) is 17.9 Å². The molecule has 2 nitrogen and oxygen atoms in total. The van der Waals surface area contributed by atoms with Crippen molar-refractivity contribution in [1.29, 1.82) is 0 Å². The number of hydrogen-bond acceptors (Lipinski definition) is 2. The molecule has 0 aromatic carbocycles. The molecular weight excluding hydrogens is 212 g/mol. The summed E-state index contributed by atoms with van der Waals surface area (Å²) in [5.74, 6) is 2.52. The van der Waals surface area contributed by atoms with Crippen LogP contribution in [0.2, 0.25) is 0 Å². The van der Waals surface area contributed by atoms with Gasteiger partial charge < -0.3 is 9.84 Å². The molecule has 2 saturated carbocycles. The summed E-state index contributed by atoms with van der Waals surface area (Å²) in [6.45, 7) is 8.64. The average molecular weight is 238 g/mol. The molecule has 1 saturated heterocycles. The highest BCUT2D eigenvalue weighted by Gasteiger charge is 2.71. The molecule has 0 aromatic rings. The van der Waals surface area contributed by atoms with Crippen LogP contribution in [-0.4, -0.2) is 22.4 Å². The molecule has 0 radical (unpaired) electrons. The van der Waals surface area contributed by atoms with Gasteiger partial charge in [-0.15, -0.1) is 0 Å².